The van der Waals surface area contributed by atoms with Crippen LogP contribution in [0.2, 0.25) is 0 Å². The first-order valence-corrected chi connectivity index (χ1v) is 6.61. The monoisotopic (exact) mass is 207 g/mol. The Bertz CT molecular complexity index is 218. The molecule has 0 atom stereocenters. The van der Waals surface area contributed by atoms with Crippen LogP contribution in [0.4, 0.5) is 0 Å². The summed E-state index contributed by atoms with van der Waals surface area (Å²) >= 11 is 2.09. The molecule has 1 aromatic rings. The van der Waals surface area contributed by atoms with Crippen LogP contribution < -0.4 is 0 Å². The van der Waals surface area contributed by atoms with Gasteiger partial charge in [0.15, 0.2) is 0 Å². The van der Waals surface area contributed by atoms with Crippen molar-refractivity contribution in [1.29, 1.82) is 0 Å². The Morgan fingerprint density at radius 1 is 1.14 bits per heavy atom. The number of hydrogen-bond acceptors (Lipinski definition) is 1. The van der Waals surface area contributed by atoms with Crippen molar-refractivity contribution in [3.8, 4) is 0 Å². The van der Waals surface area contributed by atoms with Gasteiger partial charge in [-0.3, -0.25) is 0 Å². The van der Waals surface area contributed by atoms with Crippen LogP contribution in [0.25, 0.3) is 0 Å². The molecular weight excluding hydrogens is 188 g/mol. The summed E-state index contributed by atoms with van der Waals surface area (Å²) in [4.78, 5) is 0. The van der Waals surface area contributed by atoms with Crippen molar-refractivity contribution in [1.82, 2.24) is 0 Å². The number of benzene rings is 1. The first-order chi connectivity index (χ1) is 6.93. The molecule has 0 amide bonds. The van der Waals surface area contributed by atoms with Gasteiger partial charge >= 0.3 is 0 Å². The maximum Gasteiger partial charge on any atom is -0.00644 e. The number of rotatable bonds is 7. The van der Waals surface area contributed by atoms with Gasteiger partial charge in [0.25, 0.3) is 0 Å². The fraction of sp³-hybridized carbons (Fsp3) is 0.538. The molecule has 1 radical (unpaired) electrons. The van der Waals surface area contributed by atoms with Crippen molar-refractivity contribution >= 4 is 11.8 Å². The molecular formula is C13H19S. The summed E-state index contributed by atoms with van der Waals surface area (Å²) in [6, 6.07) is 11.4. The number of aryl methyl sites for hydroxylation is 1. The lowest BCUT2D eigenvalue weighted by Crippen LogP contribution is -1.88. The predicted molar refractivity (Wildman–Crippen MR) is 65.8 cm³/mol. The molecule has 0 heterocycles. The topological polar surface area (TPSA) is 0 Å². The molecule has 0 spiro atoms. The van der Waals surface area contributed by atoms with Gasteiger partial charge in [0.05, 0.1) is 0 Å². The predicted octanol–water partition coefficient (Wildman–Crippen LogP) is 3.95. The van der Waals surface area contributed by atoms with Gasteiger partial charge in [-0.2, -0.15) is 11.8 Å². The molecule has 0 aromatic heterocycles. The number of hydrogen-bond donors (Lipinski definition) is 0. The van der Waals surface area contributed by atoms with Crippen molar-refractivity contribution in [2.45, 2.75) is 32.6 Å². The molecule has 1 rings (SSSR count). The zero-order chi connectivity index (χ0) is 10.1. The van der Waals surface area contributed by atoms with E-state index in [-0.39, 0.29) is 0 Å². The number of thioether (sulfide) groups is 1. The van der Waals surface area contributed by atoms with E-state index in [1.165, 1.54) is 42.8 Å². The maximum absolute atomic E-state index is 3.05. The summed E-state index contributed by atoms with van der Waals surface area (Å²) in [6.07, 6.45) is 5.21. The molecule has 0 aliphatic heterocycles. The highest BCUT2D eigenvalue weighted by Gasteiger charge is 1.92. The quantitative estimate of drug-likeness (QED) is 0.610. The fourth-order valence-corrected chi connectivity index (χ4v) is 2.36. The van der Waals surface area contributed by atoms with Gasteiger partial charge in [0.1, 0.15) is 0 Å². The van der Waals surface area contributed by atoms with Gasteiger partial charge in [-0.25, -0.2) is 0 Å². The average molecular weight is 207 g/mol. The van der Waals surface area contributed by atoms with Crippen molar-refractivity contribution in [2.24, 2.45) is 0 Å². The standard InChI is InChI=1S/C13H19S/c1-2-3-11-14-12-7-10-13-8-5-4-6-9-13/h5-6,8-9H,2-3,7,10-12H2,1H3. The van der Waals surface area contributed by atoms with Crippen LogP contribution in [0.1, 0.15) is 31.7 Å². The Kier molecular flexibility index (Phi) is 6.59. The molecule has 0 N–H and O–H groups in total. The lowest BCUT2D eigenvalue weighted by atomic mass is 10.1. The zero-order valence-electron chi connectivity index (χ0n) is 8.96. The van der Waals surface area contributed by atoms with Gasteiger partial charge in [-0.15, -0.1) is 0 Å². The van der Waals surface area contributed by atoms with E-state index >= 15 is 0 Å². The largest absolute Gasteiger partial charge is 0.162 e. The molecule has 0 aliphatic rings. The van der Waals surface area contributed by atoms with E-state index in [2.05, 4.69) is 36.9 Å². The fourth-order valence-electron chi connectivity index (χ4n) is 1.31. The summed E-state index contributed by atoms with van der Waals surface area (Å²) in [5, 5.41) is 0. The van der Waals surface area contributed by atoms with Gasteiger partial charge in [-0.1, -0.05) is 37.6 Å². The normalized spacial score (nSPS) is 10.4. The van der Waals surface area contributed by atoms with E-state index in [0.29, 0.717) is 0 Å². The Labute approximate surface area is 92.1 Å². The molecule has 1 heteroatoms. The van der Waals surface area contributed by atoms with E-state index in [9.17, 15) is 0 Å². The highest BCUT2D eigenvalue weighted by molar-refractivity contribution is 7.99. The summed E-state index contributed by atoms with van der Waals surface area (Å²) in [5.74, 6) is 2.64. The smallest absolute Gasteiger partial charge is 0.00644 e. The summed E-state index contributed by atoms with van der Waals surface area (Å²) in [6.45, 7) is 2.25. The first-order valence-electron chi connectivity index (χ1n) is 5.46. The van der Waals surface area contributed by atoms with E-state index in [1.807, 2.05) is 12.1 Å². The molecule has 0 saturated carbocycles. The minimum atomic E-state index is 1.22. The third-order valence-corrected chi connectivity index (χ3v) is 3.34. The number of unbranched alkanes of at least 4 members (excludes halogenated alkanes) is 1. The Morgan fingerprint density at radius 2 is 1.86 bits per heavy atom. The molecule has 0 aliphatic carbocycles. The average Bonchev–Trinajstić information content (AvgIpc) is 2.25. The third kappa shape index (κ3) is 5.33. The third-order valence-electron chi connectivity index (χ3n) is 2.18. The van der Waals surface area contributed by atoms with Crippen LogP contribution in [0.5, 0.6) is 0 Å². The van der Waals surface area contributed by atoms with Crippen molar-refractivity contribution in [3.63, 3.8) is 0 Å². The summed E-state index contributed by atoms with van der Waals surface area (Å²) < 4.78 is 0. The van der Waals surface area contributed by atoms with Crippen LogP contribution in [0, 0.1) is 6.07 Å². The van der Waals surface area contributed by atoms with Crippen LogP contribution in [0.15, 0.2) is 24.3 Å². The molecule has 0 bridgehead atoms. The van der Waals surface area contributed by atoms with Crippen LogP contribution in [-0.4, -0.2) is 11.5 Å². The van der Waals surface area contributed by atoms with Crippen molar-refractivity contribution in [2.75, 3.05) is 11.5 Å². The Hall–Kier alpha value is -0.430. The van der Waals surface area contributed by atoms with E-state index in [1.54, 1.807) is 0 Å². The zero-order valence-corrected chi connectivity index (χ0v) is 9.78. The molecule has 14 heavy (non-hydrogen) atoms. The molecule has 1 aromatic carbocycles. The maximum atomic E-state index is 3.05. The highest BCUT2D eigenvalue weighted by Crippen LogP contribution is 2.09. The molecule has 0 fully saturated rings. The van der Waals surface area contributed by atoms with Crippen molar-refractivity contribution in [3.05, 3.63) is 35.9 Å². The first kappa shape index (κ1) is 11.6. The minimum absolute atomic E-state index is 1.22. The van der Waals surface area contributed by atoms with Gasteiger partial charge in [0, 0.05) is 0 Å². The SMILES string of the molecule is CCCCSCCCc1cc[c]cc1. The molecule has 77 valence electrons. The molecule has 0 unspecified atom stereocenters. The second-order valence-corrected chi connectivity index (χ2v) is 4.70. The second-order valence-electron chi connectivity index (χ2n) is 3.48. The Balaban J connectivity index is 1.99. The van der Waals surface area contributed by atoms with Crippen LogP contribution in [0.3, 0.4) is 0 Å². The van der Waals surface area contributed by atoms with Crippen LogP contribution >= 0.6 is 11.8 Å². The van der Waals surface area contributed by atoms with E-state index in [0.717, 1.165) is 0 Å². The minimum Gasteiger partial charge on any atom is -0.162 e. The van der Waals surface area contributed by atoms with Crippen LogP contribution in [-0.2, 0) is 6.42 Å². The second kappa shape index (κ2) is 7.93. The Morgan fingerprint density at radius 3 is 2.57 bits per heavy atom. The summed E-state index contributed by atoms with van der Waals surface area (Å²) in [7, 11) is 0. The van der Waals surface area contributed by atoms with Gasteiger partial charge in [0.2, 0.25) is 0 Å². The molecule has 0 saturated heterocycles. The van der Waals surface area contributed by atoms with Crippen molar-refractivity contribution < 1.29 is 0 Å². The van der Waals surface area contributed by atoms with E-state index in [4.69, 9.17) is 0 Å². The van der Waals surface area contributed by atoms with Gasteiger partial charge in [-0.05, 0) is 42.4 Å². The molecule has 0 nitrogen and oxygen atoms in total. The highest BCUT2D eigenvalue weighted by atomic mass is 32.2. The lowest BCUT2D eigenvalue weighted by molar-refractivity contribution is 0.889. The van der Waals surface area contributed by atoms with Gasteiger partial charge < -0.3 is 0 Å². The van der Waals surface area contributed by atoms with E-state index < -0.39 is 0 Å². The summed E-state index contributed by atoms with van der Waals surface area (Å²) in [5.41, 5.74) is 1.44. The lowest BCUT2D eigenvalue weighted by Gasteiger charge is -2.01.